The number of carbonyl (C=O) groups excluding carboxylic acids is 1. The van der Waals surface area contributed by atoms with Gasteiger partial charge < -0.3 is 18.8 Å². The summed E-state index contributed by atoms with van der Waals surface area (Å²) in [4.78, 5) is 24.6. The molecule has 7 nitrogen and oxygen atoms in total. The van der Waals surface area contributed by atoms with E-state index in [0.29, 0.717) is 35.8 Å². The monoisotopic (exact) mass is 743 g/mol. The van der Waals surface area contributed by atoms with Crippen molar-refractivity contribution < 1.29 is 18.7 Å². The van der Waals surface area contributed by atoms with Crippen molar-refractivity contribution in [2.24, 2.45) is 23.7 Å². The highest BCUT2D eigenvalue weighted by Gasteiger charge is 2.49. The Bertz CT molecular complexity index is 1730. The molecular formula is C43H58ClN3O4Si. The summed E-state index contributed by atoms with van der Waals surface area (Å²) in [5.74, 6) is 3.55. The van der Waals surface area contributed by atoms with E-state index in [1.54, 1.807) is 0 Å². The van der Waals surface area contributed by atoms with Crippen molar-refractivity contribution >= 4 is 31.6 Å². The topological polar surface area (TPSA) is 73.8 Å². The average molecular weight is 744 g/mol. The Hall–Kier alpha value is -2.94. The zero-order valence-electron chi connectivity index (χ0n) is 32.1. The SMILES string of the molecule is COC(=O)c1ccc2c(c1)N(C[C@@H]1CC[C@H]1[C@H](O[Si](C)(C)C(C)(C)C)[C@@H]1CCC[C@H](Cc3ncccn3)C1)C[C@@]1(CCCc3cc(Cl)ccc31)CO2. The van der Waals surface area contributed by atoms with E-state index in [4.69, 9.17) is 25.5 Å². The molecule has 0 radical (unpaired) electrons. The lowest BCUT2D eigenvalue weighted by molar-refractivity contribution is -0.0295. The van der Waals surface area contributed by atoms with E-state index < -0.39 is 8.32 Å². The molecule has 3 aromatic rings. The van der Waals surface area contributed by atoms with Gasteiger partial charge in [-0.25, -0.2) is 14.8 Å². The van der Waals surface area contributed by atoms with Crippen molar-refractivity contribution in [2.75, 3.05) is 31.7 Å². The summed E-state index contributed by atoms with van der Waals surface area (Å²) < 4.78 is 19.5. The number of aromatic nitrogens is 2. The van der Waals surface area contributed by atoms with Gasteiger partial charge in [-0.15, -0.1) is 0 Å². The van der Waals surface area contributed by atoms with Gasteiger partial charge in [-0.3, -0.25) is 0 Å². The molecule has 280 valence electrons. The second-order valence-electron chi connectivity index (χ2n) is 17.8. The quantitative estimate of drug-likeness (QED) is 0.160. The number of carbonyl (C=O) groups is 1. The molecule has 1 aromatic heterocycles. The molecule has 0 saturated heterocycles. The first-order chi connectivity index (χ1) is 24.9. The van der Waals surface area contributed by atoms with Crippen LogP contribution in [-0.4, -0.2) is 57.2 Å². The molecule has 2 aromatic carbocycles. The molecule has 0 unspecified atom stereocenters. The first-order valence-corrected chi connectivity index (χ1v) is 23.0. The molecule has 2 heterocycles. The molecule has 0 bridgehead atoms. The fourth-order valence-corrected chi connectivity index (χ4v) is 11.1. The van der Waals surface area contributed by atoms with Crippen molar-refractivity contribution in [3.05, 3.63) is 82.4 Å². The summed E-state index contributed by atoms with van der Waals surface area (Å²) >= 11 is 6.53. The van der Waals surface area contributed by atoms with Crippen LogP contribution in [0.4, 0.5) is 5.69 Å². The van der Waals surface area contributed by atoms with Crippen molar-refractivity contribution in [2.45, 2.75) is 115 Å². The van der Waals surface area contributed by atoms with E-state index in [1.165, 1.54) is 56.8 Å². The fraction of sp³-hybridized carbons (Fsp3) is 0.605. The van der Waals surface area contributed by atoms with Gasteiger partial charge >= 0.3 is 5.97 Å². The Morgan fingerprint density at radius 2 is 1.88 bits per heavy atom. The van der Waals surface area contributed by atoms with Gasteiger partial charge in [0.05, 0.1) is 31.1 Å². The molecule has 0 amide bonds. The highest BCUT2D eigenvalue weighted by Crippen LogP contribution is 2.51. The van der Waals surface area contributed by atoms with Crippen LogP contribution >= 0.6 is 11.6 Å². The van der Waals surface area contributed by atoms with Crippen molar-refractivity contribution in [3.63, 3.8) is 0 Å². The van der Waals surface area contributed by atoms with Crippen molar-refractivity contribution in [1.29, 1.82) is 0 Å². The molecule has 0 N–H and O–H groups in total. The fourth-order valence-electron chi connectivity index (χ4n) is 9.46. The van der Waals surface area contributed by atoms with Crippen LogP contribution in [0.5, 0.6) is 5.75 Å². The Morgan fingerprint density at radius 1 is 1.08 bits per heavy atom. The van der Waals surface area contributed by atoms with Crippen molar-refractivity contribution in [3.8, 4) is 5.75 Å². The van der Waals surface area contributed by atoms with Crippen molar-refractivity contribution in [1.82, 2.24) is 9.97 Å². The molecule has 1 spiro atoms. The molecule has 9 heteroatoms. The normalized spacial score (nSPS) is 26.7. The number of nitrogens with zero attached hydrogens (tertiary/aromatic N) is 3. The lowest BCUT2D eigenvalue weighted by Crippen LogP contribution is -2.54. The second-order valence-corrected chi connectivity index (χ2v) is 23.0. The van der Waals surface area contributed by atoms with E-state index in [9.17, 15) is 4.79 Å². The van der Waals surface area contributed by atoms with Crippen LogP contribution in [-0.2, 0) is 27.4 Å². The van der Waals surface area contributed by atoms with Crippen LogP contribution in [0, 0.1) is 23.7 Å². The van der Waals surface area contributed by atoms with E-state index in [-0.39, 0.29) is 22.5 Å². The third-order valence-electron chi connectivity index (χ3n) is 13.4. The van der Waals surface area contributed by atoms with Gasteiger partial charge in [0.1, 0.15) is 11.6 Å². The number of rotatable bonds is 9. The number of hydrogen-bond donors (Lipinski definition) is 0. The van der Waals surface area contributed by atoms with Crippen LogP contribution in [0.1, 0.15) is 99.4 Å². The predicted octanol–water partition coefficient (Wildman–Crippen LogP) is 9.86. The Labute approximate surface area is 317 Å². The number of anilines is 1. The van der Waals surface area contributed by atoms with Crippen LogP contribution in [0.25, 0.3) is 0 Å². The minimum atomic E-state index is -2.06. The number of aryl methyl sites for hydroxylation is 1. The average Bonchev–Trinajstić information content (AvgIpc) is 3.26. The molecule has 7 rings (SSSR count). The molecule has 3 aliphatic carbocycles. The van der Waals surface area contributed by atoms with Gasteiger partial charge in [0.25, 0.3) is 0 Å². The minimum absolute atomic E-state index is 0.130. The van der Waals surface area contributed by atoms with E-state index in [1.807, 2.05) is 42.7 Å². The number of benzene rings is 2. The maximum absolute atomic E-state index is 12.8. The van der Waals surface area contributed by atoms with Crippen LogP contribution in [0.15, 0.2) is 54.9 Å². The standard InChI is InChI=1S/C43H58ClN3O4Si/c1-42(2,3)52(5,6)51-40(31-11-7-10-29(22-31)23-39-45-20-9-21-46-39)35-16-13-33(35)26-47-27-43(19-8-12-30-24-34(44)15-17-36(30)43)28-50-38-18-14-32(25-37(38)47)41(48)49-4/h9,14-15,17-18,20-21,24-25,29,31,33,35,40H,7-8,10-13,16,19,22-23,26-28H2,1-6H3/t29-,31+,33-,35+,40+,43-/m0/s1. The molecule has 2 saturated carbocycles. The first kappa shape index (κ1) is 37.4. The smallest absolute Gasteiger partial charge is 0.337 e. The Kier molecular flexibility index (Phi) is 10.8. The summed E-state index contributed by atoms with van der Waals surface area (Å²) in [6.07, 6.45) is 15.3. The van der Waals surface area contributed by atoms with Gasteiger partial charge in [-0.1, -0.05) is 44.9 Å². The number of ether oxygens (including phenoxy) is 2. The second kappa shape index (κ2) is 15.1. The van der Waals surface area contributed by atoms with E-state index in [2.05, 4.69) is 60.9 Å². The molecular weight excluding hydrogens is 686 g/mol. The van der Waals surface area contributed by atoms with Crippen LogP contribution < -0.4 is 9.64 Å². The lowest BCUT2D eigenvalue weighted by atomic mass is 9.64. The van der Waals surface area contributed by atoms with E-state index in [0.717, 1.165) is 61.1 Å². The molecule has 4 aliphatic rings. The number of methoxy groups -OCH3 is 1. The zero-order chi connectivity index (χ0) is 36.7. The molecule has 1 aliphatic heterocycles. The lowest BCUT2D eigenvalue weighted by Gasteiger charge is -2.52. The molecule has 6 atom stereocenters. The van der Waals surface area contributed by atoms with Gasteiger partial charge in [-0.2, -0.15) is 0 Å². The van der Waals surface area contributed by atoms with E-state index >= 15 is 0 Å². The first-order valence-electron chi connectivity index (χ1n) is 19.7. The summed E-state index contributed by atoms with van der Waals surface area (Å²) in [6, 6.07) is 14.1. The number of hydrogen-bond acceptors (Lipinski definition) is 7. The summed E-state index contributed by atoms with van der Waals surface area (Å²) in [5, 5.41) is 0.922. The van der Waals surface area contributed by atoms with Gasteiger partial charge in [0, 0.05) is 42.3 Å². The van der Waals surface area contributed by atoms with Crippen LogP contribution in [0.3, 0.4) is 0 Å². The third-order valence-corrected chi connectivity index (χ3v) is 18.1. The maximum atomic E-state index is 12.8. The van der Waals surface area contributed by atoms with Gasteiger partial charge in [0.15, 0.2) is 8.32 Å². The Balaban J connectivity index is 1.20. The number of halogens is 1. The zero-order valence-corrected chi connectivity index (χ0v) is 33.9. The summed E-state index contributed by atoms with van der Waals surface area (Å²) in [7, 11) is -0.612. The number of esters is 1. The molecule has 2 fully saturated rings. The third kappa shape index (κ3) is 7.67. The maximum Gasteiger partial charge on any atom is 0.337 e. The van der Waals surface area contributed by atoms with Crippen LogP contribution in [0.2, 0.25) is 23.2 Å². The predicted molar refractivity (Wildman–Crippen MR) is 211 cm³/mol. The number of fused-ring (bicyclic) bond motifs is 3. The summed E-state index contributed by atoms with van der Waals surface area (Å²) in [6.45, 7) is 14.3. The highest BCUT2D eigenvalue weighted by atomic mass is 35.5. The van der Waals surface area contributed by atoms with Gasteiger partial charge in [-0.05, 0) is 141 Å². The minimum Gasteiger partial charge on any atom is -0.490 e. The summed E-state index contributed by atoms with van der Waals surface area (Å²) in [5.41, 5.74) is 4.07. The van der Waals surface area contributed by atoms with Gasteiger partial charge in [0.2, 0.25) is 0 Å². The Morgan fingerprint density at radius 3 is 2.62 bits per heavy atom. The molecule has 52 heavy (non-hydrogen) atoms. The largest absolute Gasteiger partial charge is 0.490 e. The highest BCUT2D eigenvalue weighted by molar-refractivity contribution is 6.74.